The van der Waals surface area contributed by atoms with E-state index in [1.165, 1.54) is 12.8 Å². The molecule has 1 aromatic carbocycles. The number of hydrogen-bond acceptors (Lipinski definition) is 5. The molecule has 2 rings (SSSR count). The number of nitrogens with two attached hydrogens (primary N) is 1. The van der Waals surface area contributed by atoms with E-state index >= 15 is 0 Å². The number of piperidine rings is 1. The summed E-state index contributed by atoms with van der Waals surface area (Å²) in [5.74, 6) is 4.89. The van der Waals surface area contributed by atoms with Crippen molar-refractivity contribution in [3.8, 4) is 0 Å². The van der Waals surface area contributed by atoms with Crippen LogP contribution in [0.4, 0.5) is 5.69 Å². The summed E-state index contributed by atoms with van der Waals surface area (Å²) >= 11 is 0. The van der Waals surface area contributed by atoms with Crippen LogP contribution in [-0.4, -0.2) is 45.4 Å². The number of hydrazine groups is 1. The lowest BCUT2D eigenvalue weighted by Crippen LogP contribution is -2.37. The van der Waals surface area contributed by atoms with Crippen molar-refractivity contribution in [1.82, 2.24) is 5.43 Å². The molecule has 0 bridgehead atoms. The molecule has 1 aromatic rings. The summed E-state index contributed by atoms with van der Waals surface area (Å²) in [5.41, 5.74) is 3.87. The van der Waals surface area contributed by atoms with Gasteiger partial charge in [-0.2, -0.15) is 0 Å². The molecule has 6 nitrogen and oxygen atoms in total. The van der Waals surface area contributed by atoms with Gasteiger partial charge in [-0.3, -0.25) is 10.2 Å². The first-order valence-electron chi connectivity index (χ1n) is 9.21. The van der Waals surface area contributed by atoms with Crippen molar-refractivity contribution >= 4 is 11.6 Å². The van der Waals surface area contributed by atoms with Crippen LogP contribution in [0.5, 0.6) is 0 Å². The zero-order valence-electron chi connectivity index (χ0n) is 15.2. The number of anilines is 1. The van der Waals surface area contributed by atoms with Crippen LogP contribution in [0.25, 0.3) is 0 Å². The predicted octanol–water partition coefficient (Wildman–Crippen LogP) is 2.48. The Bertz CT molecular complexity index is 499. The van der Waals surface area contributed by atoms with Crippen molar-refractivity contribution in [1.29, 1.82) is 0 Å². The number of benzene rings is 1. The lowest BCUT2D eigenvalue weighted by molar-refractivity contribution is 0.0345. The molecule has 140 valence electrons. The monoisotopic (exact) mass is 349 g/mol. The normalized spacial score (nSPS) is 15.4. The Labute approximate surface area is 150 Å². The molecule has 6 heteroatoms. The van der Waals surface area contributed by atoms with E-state index in [0.29, 0.717) is 11.7 Å². The number of methoxy groups -OCH3 is 1. The fourth-order valence-corrected chi connectivity index (χ4v) is 3.14. The van der Waals surface area contributed by atoms with Gasteiger partial charge < -0.3 is 14.4 Å². The molecular weight excluding hydrogens is 318 g/mol. The number of unbranched alkanes of at least 4 members (excludes halogenated alkanes) is 3. The first-order valence-corrected chi connectivity index (χ1v) is 9.21. The molecule has 0 saturated carbocycles. The number of nitrogen functional groups attached to an aromatic ring is 1. The topological polar surface area (TPSA) is 76.8 Å². The van der Waals surface area contributed by atoms with E-state index in [1.54, 1.807) is 7.11 Å². The fraction of sp³-hybridized carbons (Fsp3) is 0.632. The second-order valence-corrected chi connectivity index (χ2v) is 6.48. The smallest absolute Gasteiger partial charge is 0.265 e. The van der Waals surface area contributed by atoms with Crippen LogP contribution in [-0.2, 0) is 9.47 Å². The molecule has 0 atom stereocenters. The van der Waals surface area contributed by atoms with E-state index in [0.717, 1.165) is 57.7 Å². The van der Waals surface area contributed by atoms with E-state index in [-0.39, 0.29) is 5.91 Å². The second-order valence-electron chi connectivity index (χ2n) is 6.48. The van der Waals surface area contributed by atoms with Gasteiger partial charge in [0.15, 0.2) is 0 Å². The van der Waals surface area contributed by atoms with Gasteiger partial charge in [0.25, 0.3) is 5.91 Å². The quantitative estimate of drug-likeness (QED) is 0.294. The molecular formula is C19H31N3O3. The van der Waals surface area contributed by atoms with Crippen molar-refractivity contribution in [3.63, 3.8) is 0 Å². The lowest BCUT2D eigenvalue weighted by Gasteiger charge is -2.33. The summed E-state index contributed by atoms with van der Waals surface area (Å²) in [5, 5.41) is 0. The number of rotatable bonds is 10. The Morgan fingerprint density at radius 3 is 2.36 bits per heavy atom. The zero-order valence-corrected chi connectivity index (χ0v) is 15.2. The molecule has 1 aliphatic heterocycles. The van der Waals surface area contributed by atoms with E-state index in [2.05, 4.69) is 10.3 Å². The van der Waals surface area contributed by atoms with E-state index < -0.39 is 0 Å². The third-order valence-electron chi connectivity index (χ3n) is 4.66. The van der Waals surface area contributed by atoms with Crippen LogP contribution >= 0.6 is 0 Å². The number of carbonyl (C=O) groups is 1. The maximum absolute atomic E-state index is 11.5. The molecule has 1 fully saturated rings. The minimum atomic E-state index is -0.263. The highest BCUT2D eigenvalue weighted by Gasteiger charge is 2.20. The van der Waals surface area contributed by atoms with E-state index in [4.69, 9.17) is 15.3 Å². The molecule has 1 amide bonds. The molecule has 0 radical (unpaired) electrons. The van der Waals surface area contributed by atoms with Crippen molar-refractivity contribution in [3.05, 3.63) is 29.8 Å². The minimum Gasteiger partial charge on any atom is -0.385 e. The molecule has 0 spiro atoms. The van der Waals surface area contributed by atoms with Crippen LogP contribution in [0.1, 0.15) is 48.9 Å². The van der Waals surface area contributed by atoms with Gasteiger partial charge in [-0.05, 0) is 49.9 Å². The highest BCUT2D eigenvalue weighted by atomic mass is 16.5. The summed E-state index contributed by atoms with van der Waals surface area (Å²) in [7, 11) is 1.75. The van der Waals surface area contributed by atoms with Crippen molar-refractivity contribution in [2.75, 3.05) is 38.3 Å². The highest BCUT2D eigenvalue weighted by molar-refractivity contribution is 5.94. The van der Waals surface area contributed by atoms with Crippen molar-refractivity contribution in [2.24, 2.45) is 5.84 Å². The fourth-order valence-electron chi connectivity index (χ4n) is 3.14. The largest absolute Gasteiger partial charge is 0.385 e. The van der Waals surface area contributed by atoms with Gasteiger partial charge in [-0.25, -0.2) is 5.84 Å². The van der Waals surface area contributed by atoms with E-state index in [1.807, 2.05) is 24.3 Å². The van der Waals surface area contributed by atoms with Gasteiger partial charge in [-0.15, -0.1) is 0 Å². The first-order chi connectivity index (χ1) is 12.2. The molecule has 0 unspecified atom stereocenters. The molecule has 0 aliphatic carbocycles. The molecule has 0 aromatic heterocycles. The SMILES string of the molecule is COCCCCCCOC1CCN(c2ccc(C(=O)NN)cc2)CC1. The van der Waals surface area contributed by atoms with Gasteiger partial charge in [-0.1, -0.05) is 12.8 Å². The maximum Gasteiger partial charge on any atom is 0.265 e. The molecule has 3 N–H and O–H groups in total. The Balaban J connectivity index is 1.63. The van der Waals surface area contributed by atoms with Gasteiger partial charge >= 0.3 is 0 Å². The molecule has 1 heterocycles. The minimum absolute atomic E-state index is 0.263. The first kappa shape index (κ1) is 19.7. The number of hydrogen-bond donors (Lipinski definition) is 2. The summed E-state index contributed by atoms with van der Waals surface area (Å²) in [6.45, 7) is 3.69. The number of amides is 1. The number of nitrogens with one attached hydrogen (secondary N) is 1. The number of carbonyl (C=O) groups excluding carboxylic acids is 1. The van der Waals surface area contributed by atoms with Gasteiger partial charge in [0.1, 0.15) is 0 Å². The van der Waals surface area contributed by atoms with Crippen LogP contribution in [0.15, 0.2) is 24.3 Å². The highest BCUT2D eigenvalue weighted by Crippen LogP contribution is 2.22. The lowest BCUT2D eigenvalue weighted by atomic mass is 10.1. The molecule has 1 saturated heterocycles. The summed E-state index contributed by atoms with van der Waals surface area (Å²) in [6.07, 6.45) is 7.18. The maximum atomic E-state index is 11.5. The Kier molecular flexibility index (Phi) is 8.72. The molecule has 1 aliphatic rings. The standard InChI is InChI=1S/C19H31N3O3/c1-24-14-4-2-3-5-15-25-18-10-12-22(13-11-18)17-8-6-16(7-9-17)19(23)21-20/h6-9,18H,2-5,10-15,20H2,1H3,(H,21,23). The van der Waals surface area contributed by atoms with Crippen LogP contribution < -0.4 is 16.2 Å². The zero-order chi connectivity index (χ0) is 17.9. The third kappa shape index (κ3) is 6.65. The van der Waals surface area contributed by atoms with Crippen molar-refractivity contribution in [2.45, 2.75) is 44.6 Å². The van der Waals surface area contributed by atoms with Gasteiger partial charge in [0.2, 0.25) is 0 Å². The number of nitrogens with zero attached hydrogens (tertiary/aromatic N) is 1. The number of ether oxygens (including phenoxy) is 2. The van der Waals surface area contributed by atoms with E-state index in [9.17, 15) is 4.79 Å². The predicted molar refractivity (Wildman–Crippen MR) is 99.6 cm³/mol. The van der Waals surface area contributed by atoms with Crippen LogP contribution in [0.2, 0.25) is 0 Å². The second kappa shape index (κ2) is 11.1. The Morgan fingerprint density at radius 1 is 1.12 bits per heavy atom. The molecule has 25 heavy (non-hydrogen) atoms. The van der Waals surface area contributed by atoms with Gasteiger partial charge in [0.05, 0.1) is 6.10 Å². The average Bonchev–Trinajstić information content (AvgIpc) is 2.67. The van der Waals surface area contributed by atoms with Crippen molar-refractivity contribution < 1.29 is 14.3 Å². The Morgan fingerprint density at radius 2 is 1.76 bits per heavy atom. The summed E-state index contributed by atoms with van der Waals surface area (Å²) in [4.78, 5) is 13.8. The summed E-state index contributed by atoms with van der Waals surface area (Å²) < 4.78 is 11.1. The third-order valence-corrected chi connectivity index (χ3v) is 4.66. The summed E-state index contributed by atoms with van der Waals surface area (Å²) in [6, 6.07) is 7.57. The van der Waals surface area contributed by atoms with Crippen LogP contribution in [0.3, 0.4) is 0 Å². The van der Waals surface area contributed by atoms with Gasteiger partial charge in [0, 0.05) is 44.7 Å². The Hall–Kier alpha value is -1.63. The van der Waals surface area contributed by atoms with Crippen LogP contribution in [0, 0.1) is 0 Å². The average molecular weight is 349 g/mol.